The molecule has 4 nitrogen and oxygen atoms in total. The van der Waals surface area contributed by atoms with E-state index in [-0.39, 0.29) is 19.0 Å². The van der Waals surface area contributed by atoms with Crippen molar-refractivity contribution < 1.29 is 23.1 Å². The Balaban J connectivity index is 2.05. The number of alkyl halides is 3. The van der Waals surface area contributed by atoms with Gasteiger partial charge in [-0.3, -0.25) is 4.79 Å². The zero-order valence-electron chi connectivity index (χ0n) is 10.4. The van der Waals surface area contributed by atoms with Gasteiger partial charge in [-0.15, -0.1) is 0 Å². The van der Waals surface area contributed by atoms with Gasteiger partial charge in [0.1, 0.15) is 5.69 Å². The van der Waals surface area contributed by atoms with Gasteiger partial charge < -0.3 is 14.6 Å². The van der Waals surface area contributed by atoms with Gasteiger partial charge in [-0.25, -0.2) is 0 Å². The van der Waals surface area contributed by atoms with E-state index in [4.69, 9.17) is 0 Å². The van der Waals surface area contributed by atoms with E-state index in [1.165, 1.54) is 4.90 Å². The van der Waals surface area contributed by atoms with Crippen molar-refractivity contribution in [2.24, 2.45) is 7.05 Å². The van der Waals surface area contributed by atoms with Crippen LogP contribution in [-0.2, 0) is 7.05 Å². The SMILES string of the molecule is Cn1cccc1C(=O)N1CCC(O)(C(F)(F)F)CC1. The number of hydrogen-bond donors (Lipinski definition) is 1. The molecule has 1 saturated heterocycles. The molecule has 0 bridgehead atoms. The lowest BCUT2D eigenvalue weighted by molar-refractivity contribution is -0.271. The number of amides is 1. The smallest absolute Gasteiger partial charge is 0.380 e. The van der Waals surface area contributed by atoms with Crippen molar-refractivity contribution in [1.29, 1.82) is 0 Å². The summed E-state index contributed by atoms with van der Waals surface area (Å²) in [6, 6.07) is 3.32. The molecule has 106 valence electrons. The second-order valence-corrected chi connectivity index (χ2v) is 4.83. The van der Waals surface area contributed by atoms with Crippen LogP contribution in [0.1, 0.15) is 23.3 Å². The summed E-state index contributed by atoms with van der Waals surface area (Å²) in [6.45, 7) is -0.194. The molecule has 0 aliphatic carbocycles. The van der Waals surface area contributed by atoms with Crippen molar-refractivity contribution in [3.8, 4) is 0 Å². The van der Waals surface area contributed by atoms with Crippen molar-refractivity contribution in [3.05, 3.63) is 24.0 Å². The second kappa shape index (κ2) is 4.56. The summed E-state index contributed by atoms with van der Waals surface area (Å²) in [6.07, 6.45) is -3.91. The molecular formula is C12H15F3N2O2. The lowest BCUT2D eigenvalue weighted by Crippen LogP contribution is -2.54. The molecule has 0 radical (unpaired) electrons. The van der Waals surface area contributed by atoms with E-state index in [0.717, 1.165) is 0 Å². The quantitative estimate of drug-likeness (QED) is 0.846. The number of likely N-dealkylation sites (tertiary alicyclic amines) is 1. The second-order valence-electron chi connectivity index (χ2n) is 4.83. The Kier molecular flexibility index (Phi) is 3.34. The van der Waals surface area contributed by atoms with Crippen molar-refractivity contribution in [2.45, 2.75) is 24.6 Å². The molecule has 0 aromatic carbocycles. The summed E-state index contributed by atoms with van der Waals surface area (Å²) < 4.78 is 39.5. The van der Waals surface area contributed by atoms with Gasteiger partial charge in [-0.1, -0.05) is 0 Å². The van der Waals surface area contributed by atoms with E-state index in [1.54, 1.807) is 29.9 Å². The third-order valence-corrected chi connectivity index (χ3v) is 3.57. The maximum atomic E-state index is 12.6. The average Bonchev–Trinajstić information content (AvgIpc) is 2.74. The minimum Gasteiger partial charge on any atom is -0.380 e. The van der Waals surface area contributed by atoms with Gasteiger partial charge in [0.2, 0.25) is 0 Å². The zero-order valence-corrected chi connectivity index (χ0v) is 10.4. The molecule has 1 aliphatic heterocycles. The molecule has 2 rings (SSSR count). The van der Waals surface area contributed by atoms with Crippen LogP contribution in [0.25, 0.3) is 0 Å². The van der Waals surface area contributed by atoms with E-state index in [1.807, 2.05) is 0 Å². The molecule has 1 N–H and O–H groups in total. The number of aliphatic hydroxyl groups is 1. The summed E-state index contributed by atoms with van der Waals surface area (Å²) >= 11 is 0. The molecule has 1 aliphatic rings. The Morgan fingerprint density at radius 3 is 2.37 bits per heavy atom. The molecule has 2 heterocycles. The van der Waals surface area contributed by atoms with Gasteiger partial charge in [0.15, 0.2) is 5.60 Å². The van der Waals surface area contributed by atoms with Crippen LogP contribution >= 0.6 is 0 Å². The Morgan fingerprint density at radius 1 is 1.37 bits per heavy atom. The molecule has 0 saturated carbocycles. The fourth-order valence-electron chi connectivity index (χ4n) is 2.21. The number of piperidine rings is 1. The predicted octanol–water partition coefficient (Wildman–Crippen LogP) is 1.55. The fourth-order valence-corrected chi connectivity index (χ4v) is 2.21. The topological polar surface area (TPSA) is 45.5 Å². The number of aryl methyl sites for hydroxylation is 1. The molecule has 1 aromatic rings. The van der Waals surface area contributed by atoms with E-state index < -0.39 is 24.6 Å². The molecule has 0 atom stereocenters. The first kappa shape index (κ1) is 13.9. The number of nitrogens with zero attached hydrogens (tertiary/aromatic N) is 2. The van der Waals surface area contributed by atoms with Gasteiger partial charge in [0.25, 0.3) is 5.91 Å². The summed E-state index contributed by atoms with van der Waals surface area (Å²) in [7, 11) is 1.70. The first-order valence-corrected chi connectivity index (χ1v) is 5.94. The van der Waals surface area contributed by atoms with Crippen LogP contribution in [0.15, 0.2) is 18.3 Å². The van der Waals surface area contributed by atoms with Gasteiger partial charge in [-0.2, -0.15) is 13.2 Å². The van der Waals surface area contributed by atoms with Crippen LogP contribution in [0.4, 0.5) is 13.2 Å². The first-order chi connectivity index (χ1) is 8.74. The van der Waals surface area contributed by atoms with E-state index in [2.05, 4.69) is 0 Å². The molecule has 1 fully saturated rings. The summed E-state index contributed by atoms with van der Waals surface area (Å²) in [5.74, 6) is -0.309. The maximum Gasteiger partial charge on any atom is 0.417 e. The number of carbonyl (C=O) groups is 1. The molecule has 1 aromatic heterocycles. The molecule has 7 heteroatoms. The summed E-state index contributed by atoms with van der Waals surface area (Å²) in [5, 5.41) is 9.52. The van der Waals surface area contributed by atoms with Crippen LogP contribution in [-0.4, -0.2) is 45.3 Å². The minimum atomic E-state index is -4.65. The molecule has 19 heavy (non-hydrogen) atoms. The predicted molar refractivity (Wildman–Crippen MR) is 61.6 cm³/mol. The van der Waals surface area contributed by atoms with Crippen LogP contribution in [0, 0.1) is 0 Å². The van der Waals surface area contributed by atoms with Gasteiger partial charge in [0.05, 0.1) is 0 Å². The van der Waals surface area contributed by atoms with Crippen LogP contribution in [0.5, 0.6) is 0 Å². The lowest BCUT2D eigenvalue weighted by atomic mass is 9.90. The minimum absolute atomic E-state index is 0.0972. The van der Waals surface area contributed by atoms with Gasteiger partial charge in [0, 0.05) is 39.2 Å². The Hall–Kier alpha value is -1.50. The Labute approximate surface area is 108 Å². The number of carbonyl (C=O) groups excluding carboxylic acids is 1. The molecular weight excluding hydrogens is 261 g/mol. The average molecular weight is 276 g/mol. The van der Waals surface area contributed by atoms with E-state index in [9.17, 15) is 23.1 Å². The Morgan fingerprint density at radius 2 is 1.95 bits per heavy atom. The third-order valence-electron chi connectivity index (χ3n) is 3.57. The monoisotopic (exact) mass is 276 g/mol. The highest BCUT2D eigenvalue weighted by atomic mass is 19.4. The summed E-state index contributed by atoms with van der Waals surface area (Å²) in [5.41, 5.74) is -2.24. The summed E-state index contributed by atoms with van der Waals surface area (Å²) in [4.78, 5) is 13.4. The van der Waals surface area contributed by atoms with Crippen molar-refractivity contribution in [3.63, 3.8) is 0 Å². The van der Waals surface area contributed by atoms with E-state index in [0.29, 0.717) is 5.69 Å². The van der Waals surface area contributed by atoms with E-state index >= 15 is 0 Å². The van der Waals surface area contributed by atoms with Crippen molar-refractivity contribution in [1.82, 2.24) is 9.47 Å². The normalized spacial score (nSPS) is 19.5. The molecule has 1 amide bonds. The van der Waals surface area contributed by atoms with Gasteiger partial charge in [-0.05, 0) is 12.1 Å². The number of hydrogen-bond acceptors (Lipinski definition) is 2. The standard InChI is InChI=1S/C12H15F3N2O2/c1-16-6-2-3-9(16)10(18)17-7-4-11(19,5-8-17)12(13,14)15/h2-3,6,19H,4-5,7-8H2,1H3. The first-order valence-electron chi connectivity index (χ1n) is 5.94. The largest absolute Gasteiger partial charge is 0.417 e. The molecule has 0 unspecified atom stereocenters. The number of aromatic nitrogens is 1. The third kappa shape index (κ3) is 2.47. The number of halogens is 3. The van der Waals surface area contributed by atoms with Crippen LogP contribution in [0.2, 0.25) is 0 Å². The highest BCUT2D eigenvalue weighted by molar-refractivity contribution is 5.92. The maximum absolute atomic E-state index is 12.6. The van der Waals surface area contributed by atoms with Crippen LogP contribution < -0.4 is 0 Å². The zero-order chi connectivity index (χ0) is 14.3. The van der Waals surface area contributed by atoms with Crippen LogP contribution in [0.3, 0.4) is 0 Å². The lowest BCUT2D eigenvalue weighted by Gasteiger charge is -2.39. The Bertz CT molecular complexity index is 474. The van der Waals surface area contributed by atoms with Gasteiger partial charge >= 0.3 is 6.18 Å². The highest BCUT2D eigenvalue weighted by Crippen LogP contribution is 2.38. The number of rotatable bonds is 1. The highest BCUT2D eigenvalue weighted by Gasteiger charge is 2.54. The van der Waals surface area contributed by atoms with Crippen molar-refractivity contribution in [2.75, 3.05) is 13.1 Å². The van der Waals surface area contributed by atoms with Crippen molar-refractivity contribution >= 4 is 5.91 Å². The molecule has 0 spiro atoms. The fraction of sp³-hybridized carbons (Fsp3) is 0.583.